The topological polar surface area (TPSA) is 49.3 Å². The molecule has 1 aliphatic rings. The van der Waals surface area contributed by atoms with E-state index in [9.17, 15) is 4.79 Å². The van der Waals surface area contributed by atoms with E-state index in [1.165, 1.54) is 0 Å². The maximum absolute atomic E-state index is 13.0. The van der Waals surface area contributed by atoms with E-state index in [1.54, 1.807) is 0 Å². The van der Waals surface area contributed by atoms with Crippen molar-refractivity contribution in [2.45, 2.75) is 39.3 Å². The van der Waals surface area contributed by atoms with Gasteiger partial charge in [0, 0.05) is 37.2 Å². The number of hydrogen-bond acceptors (Lipinski definition) is 4. The van der Waals surface area contributed by atoms with Crippen LogP contribution >= 0.6 is 0 Å². The van der Waals surface area contributed by atoms with E-state index in [0.717, 1.165) is 40.4 Å². The normalized spacial score (nSPS) is 13.3. The van der Waals surface area contributed by atoms with Crippen LogP contribution < -0.4 is 4.90 Å². The van der Waals surface area contributed by atoms with Gasteiger partial charge < -0.3 is 9.80 Å². The second kappa shape index (κ2) is 8.66. The number of nitrogens with zero attached hydrogens (tertiary/aromatic N) is 4. The molecule has 0 aliphatic carbocycles. The minimum absolute atomic E-state index is 0.150. The summed E-state index contributed by atoms with van der Waals surface area (Å²) in [6, 6.07) is 20.3. The third kappa shape index (κ3) is 4.20. The lowest BCUT2D eigenvalue weighted by atomic mass is 10.0. The average molecular weight is 401 g/mol. The van der Waals surface area contributed by atoms with Crippen molar-refractivity contribution in [3.8, 4) is 11.4 Å². The predicted octanol–water partition coefficient (Wildman–Crippen LogP) is 4.12. The van der Waals surface area contributed by atoms with Gasteiger partial charge in [-0.05, 0) is 19.4 Å². The fourth-order valence-electron chi connectivity index (χ4n) is 3.74. The van der Waals surface area contributed by atoms with Gasteiger partial charge in [0.1, 0.15) is 5.82 Å². The highest BCUT2D eigenvalue weighted by molar-refractivity contribution is 5.79. The maximum atomic E-state index is 13.0. The first-order chi connectivity index (χ1) is 14.5. The summed E-state index contributed by atoms with van der Waals surface area (Å²) in [5.74, 6) is 1.82. The molecule has 0 radical (unpaired) electrons. The molecule has 5 nitrogen and oxygen atoms in total. The van der Waals surface area contributed by atoms with E-state index in [0.29, 0.717) is 25.6 Å². The van der Waals surface area contributed by atoms with Crippen LogP contribution in [0.5, 0.6) is 0 Å². The Bertz CT molecular complexity index is 1020. The SMILES string of the molecule is CC(C)N(C)c1nc(-c2ccccc2)nc2c1CN(C(=O)Cc1ccccc1)CC2. The third-order valence-electron chi connectivity index (χ3n) is 5.73. The number of anilines is 1. The lowest BCUT2D eigenvalue weighted by Crippen LogP contribution is -2.39. The maximum Gasteiger partial charge on any atom is 0.227 e. The molecule has 0 saturated carbocycles. The molecule has 1 aliphatic heterocycles. The number of fused-ring (bicyclic) bond motifs is 1. The highest BCUT2D eigenvalue weighted by Crippen LogP contribution is 2.30. The first-order valence-electron chi connectivity index (χ1n) is 10.5. The molecule has 2 aromatic carbocycles. The molecule has 3 aromatic rings. The van der Waals surface area contributed by atoms with E-state index in [1.807, 2.05) is 65.6 Å². The molecule has 0 atom stereocenters. The smallest absolute Gasteiger partial charge is 0.227 e. The van der Waals surface area contributed by atoms with Crippen molar-refractivity contribution in [3.05, 3.63) is 77.5 Å². The number of amides is 1. The van der Waals surface area contributed by atoms with Gasteiger partial charge in [0.05, 0.1) is 18.7 Å². The monoisotopic (exact) mass is 400 g/mol. The van der Waals surface area contributed by atoms with E-state index in [-0.39, 0.29) is 5.91 Å². The Balaban J connectivity index is 1.66. The molecule has 0 bridgehead atoms. The average Bonchev–Trinajstić information content (AvgIpc) is 2.78. The molecule has 0 spiro atoms. The van der Waals surface area contributed by atoms with Crippen LogP contribution in [0.4, 0.5) is 5.82 Å². The van der Waals surface area contributed by atoms with Gasteiger partial charge >= 0.3 is 0 Å². The van der Waals surface area contributed by atoms with Crippen LogP contribution in [0.2, 0.25) is 0 Å². The highest BCUT2D eigenvalue weighted by Gasteiger charge is 2.27. The van der Waals surface area contributed by atoms with Crippen LogP contribution in [-0.4, -0.2) is 40.4 Å². The summed E-state index contributed by atoms with van der Waals surface area (Å²) >= 11 is 0. The minimum atomic E-state index is 0.150. The van der Waals surface area contributed by atoms with Crippen LogP contribution in [0.15, 0.2) is 60.7 Å². The van der Waals surface area contributed by atoms with Crippen molar-refractivity contribution in [2.75, 3.05) is 18.5 Å². The highest BCUT2D eigenvalue weighted by atomic mass is 16.2. The molecular weight excluding hydrogens is 372 g/mol. The fourth-order valence-corrected chi connectivity index (χ4v) is 3.74. The summed E-state index contributed by atoms with van der Waals surface area (Å²) in [6.45, 7) is 5.55. The zero-order valence-electron chi connectivity index (χ0n) is 17.9. The van der Waals surface area contributed by atoms with Gasteiger partial charge in [-0.25, -0.2) is 9.97 Å². The van der Waals surface area contributed by atoms with E-state index in [4.69, 9.17) is 9.97 Å². The summed E-state index contributed by atoms with van der Waals surface area (Å²) < 4.78 is 0. The number of carbonyl (C=O) groups is 1. The van der Waals surface area contributed by atoms with Crippen LogP contribution in [0.25, 0.3) is 11.4 Å². The second-order valence-corrected chi connectivity index (χ2v) is 8.09. The largest absolute Gasteiger partial charge is 0.357 e. The number of rotatable bonds is 5. The summed E-state index contributed by atoms with van der Waals surface area (Å²) in [4.78, 5) is 26.9. The Morgan fingerprint density at radius 1 is 1.03 bits per heavy atom. The van der Waals surface area contributed by atoms with E-state index >= 15 is 0 Å². The summed E-state index contributed by atoms with van der Waals surface area (Å²) in [7, 11) is 2.06. The molecule has 0 fully saturated rings. The molecule has 1 amide bonds. The second-order valence-electron chi connectivity index (χ2n) is 8.09. The predicted molar refractivity (Wildman–Crippen MR) is 120 cm³/mol. The summed E-state index contributed by atoms with van der Waals surface area (Å²) in [5, 5.41) is 0. The molecule has 0 saturated heterocycles. The molecule has 2 heterocycles. The lowest BCUT2D eigenvalue weighted by molar-refractivity contribution is -0.131. The van der Waals surface area contributed by atoms with E-state index < -0.39 is 0 Å². The van der Waals surface area contributed by atoms with Gasteiger partial charge in [0.2, 0.25) is 5.91 Å². The van der Waals surface area contributed by atoms with Crippen LogP contribution in [0.3, 0.4) is 0 Å². The van der Waals surface area contributed by atoms with E-state index in [2.05, 4.69) is 25.8 Å². The molecule has 5 heteroatoms. The molecule has 4 rings (SSSR count). The lowest BCUT2D eigenvalue weighted by Gasteiger charge is -2.33. The van der Waals surface area contributed by atoms with Crippen LogP contribution in [0.1, 0.15) is 30.7 Å². The molecule has 1 aromatic heterocycles. The molecule has 0 unspecified atom stereocenters. The standard InChI is InChI=1S/C25H28N4O/c1-18(2)28(3)25-21-17-29(23(30)16-19-10-6-4-7-11-19)15-14-22(21)26-24(27-25)20-12-8-5-9-13-20/h4-13,18H,14-17H2,1-3H3. The van der Waals surface area contributed by atoms with Crippen molar-refractivity contribution in [1.29, 1.82) is 0 Å². The number of aromatic nitrogens is 2. The molecular formula is C25H28N4O. The number of benzene rings is 2. The third-order valence-corrected chi connectivity index (χ3v) is 5.73. The van der Waals surface area contributed by atoms with Crippen molar-refractivity contribution in [1.82, 2.24) is 14.9 Å². The molecule has 30 heavy (non-hydrogen) atoms. The summed E-state index contributed by atoms with van der Waals surface area (Å²) in [6.07, 6.45) is 1.17. The van der Waals surface area contributed by atoms with Crippen molar-refractivity contribution >= 4 is 11.7 Å². The number of carbonyl (C=O) groups excluding carboxylic acids is 1. The minimum Gasteiger partial charge on any atom is -0.357 e. The Kier molecular flexibility index (Phi) is 5.79. The first kappa shape index (κ1) is 20.1. The fraction of sp³-hybridized carbons (Fsp3) is 0.320. The first-order valence-corrected chi connectivity index (χ1v) is 10.5. The van der Waals surface area contributed by atoms with Crippen LogP contribution in [-0.2, 0) is 24.2 Å². The molecule has 0 N–H and O–H groups in total. The van der Waals surface area contributed by atoms with Gasteiger partial charge in [0.25, 0.3) is 0 Å². The number of hydrogen-bond donors (Lipinski definition) is 0. The quantitative estimate of drug-likeness (QED) is 0.647. The summed E-state index contributed by atoms with van der Waals surface area (Å²) in [5.41, 5.74) is 4.18. The van der Waals surface area contributed by atoms with Crippen LogP contribution in [0, 0.1) is 0 Å². The van der Waals surface area contributed by atoms with Crippen molar-refractivity contribution in [3.63, 3.8) is 0 Å². The van der Waals surface area contributed by atoms with Gasteiger partial charge in [-0.2, -0.15) is 0 Å². The van der Waals surface area contributed by atoms with Gasteiger partial charge in [0.15, 0.2) is 5.82 Å². The van der Waals surface area contributed by atoms with Crippen molar-refractivity contribution in [2.24, 2.45) is 0 Å². The zero-order chi connectivity index (χ0) is 21.1. The Labute approximate surface area is 178 Å². The Hall–Kier alpha value is -3.21. The Morgan fingerprint density at radius 2 is 1.70 bits per heavy atom. The van der Waals surface area contributed by atoms with Gasteiger partial charge in [-0.15, -0.1) is 0 Å². The molecule has 154 valence electrons. The Morgan fingerprint density at radius 3 is 2.37 bits per heavy atom. The van der Waals surface area contributed by atoms with Gasteiger partial charge in [-0.1, -0.05) is 60.7 Å². The van der Waals surface area contributed by atoms with Crippen molar-refractivity contribution < 1.29 is 4.79 Å². The van der Waals surface area contributed by atoms with Gasteiger partial charge in [-0.3, -0.25) is 4.79 Å². The zero-order valence-corrected chi connectivity index (χ0v) is 17.9.